The lowest BCUT2D eigenvalue weighted by Gasteiger charge is -2.33. The molecule has 0 aliphatic carbocycles. The molecule has 1 aromatic rings. The van der Waals surface area contributed by atoms with Crippen LogP contribution in [-0.2, 0) is 9.31 Å². The van der Waals surface area contributed by atoms with Crippen molar-refractivity contribution in [3.05, 3.63) is 29.6 Å². The fourth-order valence-corrected chi connectivity index (χ4v) is 1.66. The van der Waals surface area contributed by atoms with E-state index in [1.54, 1.807) is 6.07 Å². The smallest absolute Gasteiger partial charge is 0.407 e. The highest BCUT2D eigenvalue weighted by atomic mass is 19.1. The third kappa shape index (κ3) is 2.66. The topological polar surface area (TPSA) is 42.2 Å². The van der Waals surface area contributed by atoms with Crippen LogP contribution in [0.2, 0.25) is 0 Å². The molecule has 3 nitrogen and oxygen atoms in total. The van der Waals surface area contributed by atoms with Gasteiger partial charge in [0.1, 0.15) is 5.82 Å². The van der Waals surface area contributed by atoms with Crippen LogP contribution in [0.1, 0.15) is 19.4 Å². The van der Waals surface area contributed by atoms with Crippen LogP contribution in [0.5, 0.6) is 0 Å². The molecule has 1 aliphatic heterocycles. The molecular formula is C12H13BFNO2. The maximum absolute atomic E-state index is 13.7. The highest BCUT2D eigenvalue weighted by Gasteiger charge is 2.34. The van der Waals surface area contributed by atoms with Gasteiger partial charge in [0, 0.05) is 24.1 Å². The second kappa shape index (κ2) is 4.48. The number of nitrogens with zero attached hydrogens (tertiary/aromatic N) is 1. The van der Waals surface area contributed by atoms with Gasteiger partial charge in [0.25, 0.3) is 0 Å². The molecule has 0 bridgehead atoms. The summed E-state index contributed by atoms with van der Waals surface area (Å²) in [5.41, 5.74) is 0.599. The molecule has 17 heavy (non-hydrogen) atoms. The van der Waals surface area contributed by atoms with Crippen LogP contribution in [0.15, 0.2) is 18.2 Å². The van der Waals surface area contributed by atoms with Crippen molar-refractivity contribution in [2.45, 2.75) is 13.8 Å². The average molecular weight is 233 g/mol. The van der Waals surface area contributed by atoms with Gasteiger partial charge in [0.15, 0.2) is 0 Å². The quantitative estimate of drug-likeness (QED) is 0.689. The van der Waals surface area contributed by atoms with E-state index in [1.165, 1.54) is 12.1 Å². The standard InChI is InChI=1S/C12H13BFNO2/c1-12(2)7-16-13(17-8-12)10-4-3-9(6-15)5-11(10)14/h3-5H,7-8H2,1-2H3. The Hall–Kier alpha value is -1.38. The zero-order valence-corrected chi connectivity index (χ0v) is 9.87. The molecule has 0 spiro atoms. The molecule has 0 unspecified atom stereocenters. The minimum Gasteiger partial charge on any atom is -0.407 e. The summed E-state index contributed by atoms with van der Waals surface area (Å²) in [4.78, 5) is 0. The molecule has 0 amide bonds. The number of rotatable bonds is 1. The zero-order valence-electron chi connectivity index (χ0n) is 9.87. The lowest BCUT2D eigenvalue weighted by Crippen LogP contribution is -2.48. The maximum Gasteiger partial charge on any atom is 0.496 e. The normalized spacial score (nSPS) is 18.8. The number of nitriles is 1. The summed E-state index contributed by atoms with van der Waals surface area (Å²) in [5.74, 6) is -0.464. The molecule has 0 saturated carbocycles. The minimum absolute atomic E-state index is 0.0421. The van der Waals surface area contributed by atoms with Gasteiger partial charge in [-0.25, -0.2) is 4.39 Å². The van der Waals surface area contributed by atoms with Crippen molar-refractivity contribution in [1.29, 1.82) is 5.26 Å². The predicted octanol–water partition coefficient (Wildman–Crippen LogP) is 1.47. The van der Waals surface area contributed by atoms with Crippen LogP contribution in [0, 0.1) is 22.6 Å². The molecule has 0 atom stereocenters. The molecule has 2 rings (SSSR count). The molecule has 1 aliphatic rings. The lowest BCUT2D eigenvalue weighted by atomic mass is 9.75. The molecule has 88 valence electrons. The number of hydrogen-bond acceptors (Lipinski definition) is 3. The lowest BCUT2D eigenvalue weighted by molar-refractivity contribution is 0.0340. The summed E-state index contributed by atoms with van der Waals surface area (Å²) in [5, 5.41) is 8.65. The van der Waals surface area contributed by atoms with Crippen molar-refractivity contribution >= 4 is 12.6 Å². The second-order valence-electron chi connectivity index (χ2n) is 4.97. The van der Waals surface area contributed by atoms with Crippen LogP contribution in [0.25, 0.3) is 0 Å². The van der Waals surface area contributed by atoms with E-state index in [4.69, 9.17) is 14.6 Å². The van der Waals surface area contributed by atoms with Gasteiger partial charge in [-0.05, 0) is 12.1 Å². The van der Waals surface area contributed by atoms with Crippen LogP contribution < -0.4 is 5.46 Å². The first kappa shape index (κ1) is 12.1. The van der Waals surface area contributed by atoms with Crippen LogP contribution in [0.3, 0.4) is 0 Å². The fourth-order valence-electron chi connectivity index (χ4n) is 1.66. The Morgan fingerprint density at radius 2 is 2.00 bits per heavy atom. The van der Waals surface area contributed by atoms with Gasteiger partial charge in [-0.2, -0.15) is 5.26 Å². The maximum atomic E-state index is 13.7. The first-order valence-corrected chi connectivity index (χ1v) is 5.45. The van der Waals surface area contributed by atoms with Gasteiger partial charge >= 0.3 is 7.12 Å². The highest BCUT2D eigenvalue weighted by Crippen LogP contribution is 2.21. The van der Waals surface area contributed by atoms with Crippen molar-refractivity contribution in [3.8, 4) is 6.07 Å². The van der Waals surface area contributed by atoms with Gasteiger partial charge < -0.3 is 9.31 Å². The Bertz CT molecular complexity index is 460. The van der Waals surface area contributed by atoms with Crippen molar-refractivity contribution in [2.75, 3.05) is 13.2 Å². The van der Waals surface area contributed by atoms with E-state index in [0.717, 1.165) is 0 Å². The van der Waals surface area contributed by atoms with Gasteiger partial charge in [0.05, 0.1) is 11.6 Å². The molecule has 1 aromatic carbocycles. The third-order valence-corrected chi connectivity index (χ3v) is 2.63. The minimum atomic E-state index is -0.671. The van der Waals surface area contributed by atoms with E-state index in [9.17, 15) is 4.39 Å². The summed E-state index contributed by atoms with van der Waals surface area (Å²) < 4.78 is 24.7. The Balaban J connectivity index is 2.17. The van der Waals surface area contributed by atoms with Crippen molar-refractivity contribution in [2.24, 2.45) is 5.41 Å². The third-order valence-electron chi connectivity index (χ3n) is 2.63. The van der Waals surface area contributed by atoms with Gasteiger partial charge in [-0.15, -0.1) is 0 Å². The fraction of sp³-hybridized carbons (Fsp3) is 0.417. The molecule has 0 radical (unpaired) electrons. The molecule has 1 saturated heterocycles. The summed E-state index contributed by atoms with van der Waals surface area (Å²) in [6, 6.07) is 6.18. The first-order chi connectivity index (χ1) is 8.02. The van der Waals surface area contributed by atoms with Gasteiger partial charge in [-0.1, -0.05) is 19.9 Å². The monoisotopic (exact) mass is 233 g/mol. The average Bonchev–Trinajstić information content (AvgIpc) is 2.29. The number of benzene rings is 1. The van der Waals surface area contributed by atoms with E-state index in [1.807, 2.05) is 19.9 Å². The molecule has 1 fully saturated rings. The molecular weight excluding hydrogens is 220 g/mol. The Labute approximate surface area is 100 Å². The summed E-state index contributed by atoms with van der Waals surface area (Å²) >= 11 is 0. The Kier molecular flexibility index (Phi) is 3.18. The predicted molar refractivity (Wildman–Crippen MR) is 62.2 cm³/mol. The van der Waals surface area contributed by atoms with E-state index in [2.05, 4.69) is 0 Å². The van der Waals surface area contributed by atoms with Crippen LogP contribution >= 0.6 is 0 Å². The molecule has 0 N–H and O–H groups in total. The first-order valence-electron chi connectivity index (χ1n) is 5.45. The van der Waals surface area contributed by atoms with E-state index in [0.29, 0.717) is 24.2 Å². The Morgan fingerprint density at radius 3 is 2.53 bits per heavy atom. The number of hydrogen-bond donors (Lipinski definition) is 0. The molecule has 0 aromatic heterocycles. The SMILES string of the molecule is CC1(C)COB(c2ccc(C#N)cc2F)OC1. The molecule has 5 heteroatoms. The van der Waals surface area contributed by atoms with E-state index >= 15 is 0 Å². The zero-order chi connectivity index (χ0) is 12.5. The number of halogens is 1. The molecule has 1 heterocycles. The summed E-state index contributed by atoms with van der Waals surface area (Å²) in [6.45, 7) is 5.10. The second-order valence-corrected chi connectivity index (χ2v) is 4.97. The van der Waals surface area contributed by atoms with Crippen molar-refractivity contribution < 1.29 is 13.7 Å². The van der Waals surface area contributed by atoms with Crippen LogP contribution in [-0.4, -0.2) is 20.3 Å². The Morgan fingerprint density at radius 1 is 1.35 bits per heavy atom. The highest BCUT2D eigenvalue weighted by molar-refractivity contribution is 6.61. The van der Waals surface area contributed by atoms with E-state index < -0.39 is 12.9 Å². The summed E-state index contributed by atoms with van der Waals surface area (Å²) in [6.07, 6.45) is 0. The largest absolute Gasteiger partial charge is 0.496 e. The van der Waals surface area contributed by atoms with Gasteiger partial charge in [-0.3, -0.25) is 0 Å². The van der Waals surface area contributed by atoms with Crippen molar-refractivity contribution in [3.63, 3.8) is 0 Å². The van der Waals surface area contributed by atoms with Gasteiger partial charge in [0.2, 0.25) is 0 Å². The summed E-state index contributed by atoms with van der Waals surface area (Å²) in [7, 11) is -0.671. The van der Waals surface area contributed by atoms with Crippen LogP contribution in [0.4, 0.5) is 4.39 Å². The van der Waals surface area contributed by atoms with E-state index in [-0.39, 0.29) is 5.41 Å². The van der Waals surface area contributed by atoms with Crippen molar-refractivity contribution in [1.82, 2.24) is 0 Å².